The number of piperidine rings is 1. The first-order chi connectivity index (χ1) is 8.13. The van der Waals surface area contributed by atoms with E-state index in [9.17, 15) is 0 Å². The summed E-state index contributed by atoms with van der Waals surface area (Å²) in [6, 6.07) is 0.821. The van der Waals surface area contributed by atoms with Gasteiger partial charge in [-0.1, -0.05) is 13.3 Å². The van der Waals surface area contributed by atoms with Gasteiger partial charge in [0.25, 0.3) is 0 Å². The summed E-state index contributed by atoms with van der Waals surface area (Å²) < 4.78 is 2.24. The molecule has 96 valence electrons. The molecule has 1 fully saturated rings. The zero-order valence-corrected chi connectivity index (χ0v) is 11.1. The minimum absolute atomic E-state index is 0.360. The third-order valence-electron chi connectivity index (χ3n) is 3.80. The number of nitrogens with zero attached hydrogens (tertiary/aromatic N) is 3. The number of aromatic nitrogens is 2. The lowest BCUT2D eigenvalue weighted by atomic mass is 9.91. The van der Waals surface area contributed by atoms with E-state index in [0.717, 1.165) is 31.9 Å². The van der Waals surface area contributed by atoms with E-state index in [1.54, 1.807) is 0 Å². The standard InChI is InChI=1S/C13H24N4/c1-4-11-9-16(7-5-12(11)14)13-15-6-8-17(13)10(2)3/h6,8,10-12H,4-5,7,9,14H2,1-3H3. The fraction of sp³-hybridized carbons (Fsp3) is 0.769. The highest BCUT2D eigenvalue weighted by Gasteiger charge is 2.27. The summed E-state index contributed by atoms with van der Waals surface area (Å²) in [5.74, 6) is 1.70. The summed E-state index contributed by atoms with van der Waals surface area (Å²) in [5, 5.41) is 0. The summed E-state index contributed by atoms with van der Waals surface area (Å²) in [7, 11) is 0. The van der Waals surface area contributed by atoms with E-state index in [1.807, 2.05) is 6.20 Å². The number of hydrogen-bond acceptors (Lipinski definition) is 3. The number of rotatable bonds is 3. The first-order valence-electron chi connectivity index (χ1n) is 6.66. The predicted octanol–water partition coefficient (Wildman–Crippen LogP) is 2.03. The van der Waals surface area contributed by atoms with Gasteiger partial charge in [-0.15, -0.1) is 0 Å². The molecule has 1 aliphatic heterocycles. The fourth-order valence-electron chi connectivity index (χ4n) is 2.62. The Morgan fingerprint density at radius 1 is 1.53 bits per heavy atom. The molecule has 4 nitrogen and oxygen atoms in total. The lowest BCUT2D eigenvalue weighted by molar-refractivity contribution is 0.342. The van der Waals surface area contributed by atoms with Crippen molar-refractivity contribution in [3.8, 4) is 0 Å². The van der Waals surface area contributed by atoms with Crippen LogP contribution in [0.3, 0.4) is 0 Å². The van der Waals surface area contributed by atoms with Crippen molar-refractivity contribution in [2.24, 2.45) is 11.7 Å². The van der Waals surface area contributed by atoms with Crippen molar-refractivity contribution in [2.75, 3.05) is 18.0 Å². The summed E-state index contributed by atoms with van der Waals surface area (Å²) in [5.41, 5.74) is 6.15. The molecule has 0 saturated carbocycles. The Hall–Kier alpha value is -1.03. The minimum Gasteiger partial charge on any atom is -0.342 e. The normalized spacial score (nSPS) is 25.6. The third kappa shape index (κ3) is 2.46. The molecule has 0 amide bonds. The van der Waals surface area contributed by atoms with Crippen molar-refractivity contribution >= 4 is 5.95 Å². The molecule has 0 aromatic carbocycles. The summed E-state index contributed by atoms with van der Waals surface area (Å²) in [4.78, 5) is 6.89. The van der Waals surface area contributed by atoms with Crippen LogP contribution in [0.2, 0.25) is 0 Å². The molecule has 0 aliphatic carbocycles. The molecule has 4 heteroatoms. The lowest BCUT2D eigenvalue weighted by Crippen LogP contribution is -2.47. The van der Waals surface area contributed by atoms with Gasteiger partial charge in [-0.3, -0.25) is 0 Å². The van der Waals surface area contributed by atoms with Crippen LogP contribution in [0.25, 0.3) is 0 Å². The maximum atomic E-state index is 6.15. The van der Waals surface area contributed by atoms with Crippen LogP contribution in [0.4, 0.5) is 5.95 Å². The van der Waals surface area contributed by atoms with E-state index in [4.69, 9.17) is 5.73 Å². The Kier molecular flexibility index (Phi) is 3.72. The van der Waals surface area contributed by atoms with Crippen LogP contribution in [-0.2, 0) is 0 Å². The maximum Gasteiger partial charge on any atom is 0.205 e. The van der Waals surface area contributed by atoms with E-state index in [-0.39, 0.29) is 0 Å². The lowest BCUT2D eigenvalue weighted by Gasteiger charge is -2.37. The number of anilines is 1. The third-order valence-corrected chi connectivity index (χ3v) is 3.80. The van der Waals surface area contributed by atoms with Crippen LogP contribution in [0.5, 0.6) is 0 Å². The van der Waals surface area contributed by atoms with Gasteiger partial charge < -0.3 is 15.2 Å². The van der Waals surface area contributed by atoms with E-state index >= 15 is 0 Å². The zero-order chi connectivity index (χ0) is 12.4. The van der Waals surface area contributed by atoms with Crippen molar-refractivity contribution in [3.05, 3.63) is 12.4 Å². The van der Waals surface area contributed by atoms with Crippen molar-refractivity contribution in [3.63, 3.8) is 0 Å². The van der Waals surface area contributed by atoms with Gasteiger partial charge in [0.15, 0.2) is 0 Å². The van der Waals surface area contributed by atoms with Gasteiger partial charge in [0.1, 0.15) is 0 Å². The predicted molar refractivity (Wildman–Crippen MR) is 71.2 cm³/mol. The Morgan fingerprint density at radius 2 is 2.29 bits per heavy atom. The molecule has 0 radical (unpaired) electrons. The molecule has 2 atom stereocenters. The molecule has 2 heterocycles. The molecule has 0 bridgehead atoms. The van der Waals surface area contributed by atoms with Crippen LogP contribution in [0.1, 0.15) is 39.7 Å². The Morgan fingerprint density at radius 3 is 2.94 bits per heavy atom. The van der Waals surface area contributed by atoms with Gasteiger partial charge in [-0.2, -0.15) is 0 Å². The zero-order valence-electron chi connectivity index (χ0n) is 11.1. The second-order valence-electron chi connectivity index (χ2n) is 5.30. The first kappa shape index (κ1) is 12.4. The largest absolute Gasteiger partial charge is 0.342 e. The average Bonchev–Trinajstić information content (AvgIpc) is 2.78. The van der Waals surface area contributed by atoms with Gasteiger partial charge >= 0.3 is 0 Å². The second-order valence-corrected chi connectivity index (χ2v) is 5.30. The molecular weight excluding hydrogens is 212 g/mol. The van der Waals surface area contributed by atoms with E-state index in [2.05, 4.69) is 41.4 Å². The fourth-order valence-corrected chi connectivity index (χ4v) is 2.62. The number of imidazole rings is 1. The smallest absolute Gasteiger partial charge is 0.205 e. The van der Waals surface area contributed by atoms with Gasteiger partial charge in [0.2, 0.25) is 5.95 Å². The van der Waals surface area contributed by atoms with Gasteiger partial charge in [0, 0.05) is 37.6 Å². The van der Waals surface area contributed by atoms with Crippen LogP contribution in [0, 0.1) is 5.92 Å². The summed E-state index contributed by atoms with van der Waals surface area (Å²) >= 11 is 0. The van der Waals surface area contributed by atoms with E-state index in [0.29, 0.717) is 18.0 Å². The molecule has 1 aromatic heterocycles. The molecule has 2 unspecified atom stereocenters. The molecule has 1 aromatic rings. The van der Waals surface area contributed by atoms with Crippen LogP contribution in [-0.4, -0.2) is 28.7 Å². The van der Waals surface area contributed by atoms with Gasteiger partial charge in [-0.25, -0.2) is 4.98 Å². The highest BCUT2D eigenvalue weighted by atomic mass is 15.3. The van der Waals surface area contributed by atoms with Crippen LogP contribution >= 0.6 is 0 Å². The number of nitrogens with two attached hydrogens (primary N) is 1. The van der Waals surface area contributed by atoms with Crippen molar-refractivity contribution in [1.82, 2.24) is 9.55 Å². The van der Waals surface area contributed by atoms with Gasteiger partial charge in [-0.05, 0) is 26.2 Å². The SMILES string of the molecule is CCC1CN(c2nccn2C(C)C)CCC1N. The quantitative estimate of drug-likeness (QED) is 0.873. The van der Waals surface area contributed by atoms with Gasteiger partial charge in [0.05, 0.1) is 0 Å². The first-order valence-corrected chi connectivity index (χ1v) is 6.66. The minimum atomic E-state index is 0.360. The van der Waals surface area contributed by atoms with Crippen molar-refractivity contribution in [1.29, 1.82) is 0 Å². The van der Waals surface area contributed by atoms with Crippen LogP contribution < -0.4 is 10.6 Å². The maximum absolute atomic E-state index is 6.15. The second kappa shape index (κ2) is 5.08. The Bertz CT molecular complexity index is 358. The highest BCUT2D eigenvalue weighted by molar-refractivity contribution is 5.33. The highest BCUT2D eigenvalue weighted by Crippen LogP contribution is 2.25. The molecule has 2 N–H and O–H groups in total. The number of hydrogen-bond donors (Lipinski definition) is 1. The topological polar surface area (TPSA) is 47.1 Å². The van der Waals surface area contributed by atoms with E-state index < -0.39 is 0 Å². The van der Waals surface area contributed by atoms with Crippen molar-refractivity contribution in [2.45, 2.75) is 45.7 Å². The molecular formula is C13H24N4. The molecule has 1 saturated heterocycles. The molecule has 0 spiro atoms. The monoisotopic (exact) mass is 236 g/mol. The van der Waals surface area contributed by atoms with E-state index in [1.165, 1.54) is 0 Å². The average molecular weight is 236 g/mol. The van der Waals surface area contributed by atoms with Crippen molar-refractivity contribution < 1.29 is 0 Å². The Labute approximate surface area is 104 Å². The molecule has 1 aliphatic rings. The molecule has 2 rings (SSSR count). The Balaban J connectivity index is 2.14. The molecule has 17 heavy (non-hydrogen) atoms. The summed E-state index contributed by atoms with van der Waals surface area (Å²) in [6.45, 7) is 8.68. The van der Waals surface area contributed by atoms with Crippen LogP contribution in [0.15, 0.2) is 12.4 Å². The summed E-state index contributed by atoms with van der Waals surface area (Å²) in [6.07, 6.45) is 6.18.